The van der Waals surface area contributed by atoms with Crippen molar-refractivity contribution in [3.63, 3.8) is 0 Å². The van der Waals surface area contributed by atoms with Crippen LogP contribution in [-0.2, 0) is 6.54 Å². The Bertz CT molecular complexity index is 329. The van der Waals surface area contributed by atoms with Gasteiger partial charge in [-0.05, 0) is 22.0 Å². The average molecular weight is 271 g/mol. The first-order valence-corrected chi connectivity index (χ1v) is 4.32. The van der Waals surface area contributed by atoms with Crippen molar-refractivity contribution in [2.75, 3.05) is 0 Å². The lowest BCUT2D eigenvalue weighted by Gasteiger charge is -2.12. The normalized spacial score (nSPS) is 11.5. The number of nitrogens with zero attached hydrogens (tertiary/aromatic N) is 1. The van der Waals surface area contributed by atoms with Gasteiger partial charge in [-0.15, -0.1) is 13.2 Å². The Balaban J connectivity index is 3.05. The van der Waals surface area contributed by atoms with Gasteiger partial charge in [0.2, 0.25) is 0 Å². The highest BCUT2D eigenvalue weighted by atomic mass is 79.9. The van der Waals surface area contributed by atoms with Gasteiger partial charge in [0.25, 0.3) is 0 Å². The molecule has 3 nitrogen and oxygen atoms in total. The van der Waals surface area contributed by atoms with Crippen molar-refractivity contribution in [2.45, 2.75) is 12.9 Å². The highest BCUT2D eigenvalue weighted by molar-refractivity contribution is 9.10. The monoisotopic (exact) mass is 270 g/mol. The van der Waals surface area contributed by atoms with Gasteiger partial charge in [0.1, 0.15) is 4.60 Å². The minimum Gasteiger partial charge on any atom is -0.403 e. The molecule has 14 heavy (non-hydrogen) atoms. The number of rotatable bonds is 2. The molecule has 0 fully saturated rings. The van der Waals surface area contributed by atoms with Crippen molar-refractivity contribution in [3.8, 4) is 5.75 Å². The van der Waals surface area contributed by atoms with Crippen LogP contribution in [0.25, 0.3) is 0 Å². The molecular weight excluding hydrogens is 265 g/mol. The average Bonchev–Trinajstić information content (AvgIpc) is 2.06. The Morgan fingerprint density at radius 3 is 2.64 bits per heavy atom. The Kier molecular flexibility index (Phi) is 3.33. The van der Waals surface area contributed by atoms with E-state index in [0.717, 1.165) is 0 Å². The van der Waals surface area contributed by atoms with E-state index in [-0.39, 0.29) is 22.5 Å². The van der Waals surface area contributed by atoms with Gasteiger partial charge >= 0.3 is 6.36 Å². The van der Waals surface area contributed by atoms with Crippen LogP contribution in [0.4, 0.5) is 13.2 Å². The van der Waals surface area contributed by atoms with Crippen molar-refractivity contribution in [1.82, 2.24) is 4.98 Å². The number of halogens is 4. The second-order valence-corrected chi connectivity index (χ2v) is 3.09. The van der Waals surface area contributed by atoms with Crippen molar-refractivity contribution >= 4 is 15.9 Å². The third-order valence-corrected chi connectivity index (χ3v) is 1.95. The van der Waals surface area contributed by atoms with Gasteiger partial charge in [0.15, 0.2) is 5.75 Å². The fourth-order valence-electron chi connectivity index (χ4n) is 0.844. The van der Waals surface area contributed by atoms with Crippen LogP contribution < -0.4 is 10.5 Å². The van der Waals surface area contributed by atoms with E-state index in [4.69, 9.17) is 5.73 Å². The summed E-state index contributed by atoms with van der Waals surface area (Å²) in [6, 6.07) is 1.37. The Morgan fingerprint density at radius 2 is 2.14 bits per heavy atom. The molecule has 0 bridgehead atoms. The lowest BCUT2D eigenvalue weighted by molar-refractivity contribution is -0.275. The van der Waals surface area contributed by atoms with Gasteiger partial charge in [-0.2, -0.15) is 0 Å². The van der Waals surface area contributed by atoms with Gasteiger partial charge in [-0.1, -0.05) is 0 Å². The molecule has 1 aromatic heterocycles. The van der Waals surface area contributed by atoms with Gasteiger partial charge in [-0.3, -0.25) is 0 Å². The molecule has 0 aromatic carbocycles. The van der Waals surface area contributed by atoms with Crippen molar-refractivity contribution in [2.24, 2.45) is 5.73 Å². The van der Waals surface area contributed by atoms with Crippen molar-refractivity contribution in [1.29, 1.82) is 0 Å². The molecule has 0 radical (unpaired) electrons. The molecule has 0 aliphatic carbocycles. The lowest BCUT2D eigenvalue weighted by atomic mass is 10.2. The molecule has 0 aliphatic rings. The maximum Gasteiger partial charge on any atom is 0.573 e. The smallest absolute Gasteiger partial charge is 0.403 e. The maximum absolute atomic E-state index is 11.9. The lowest BCUT2D eigenvalue weighted by Crippen LogP contribution is -2.19. The van der Waals surface area contributed by atoms with Crippen molar-refractivity contribution < 1.29 is 17.9 Å². The number of hydrogen-bond donors (Lipinski definition) is 1. The summed E-state index contributed by atoms with van der Waals surface area (Å²) in [7, 11) is 0. The molecule has 1 rings (SSSR count). The topological polar surface area (TPSA) is 48.1 Å². The first-order chi connectivity index (χ1) is 6.44. The SMILES string of the molecule is NCc1ccnc(Br)c1OC(F)(F)F. The Hall–Kier alpha value is -0.820. The van der Waals surface area contributed by atoms with Gasteiger partial charge in [0.05, 0.1) is 0 Å². The molecule has 78 valence electrons. The van der Waals surface area contributed by atoms with Crippen LogP contribution >= 0.6 is 15.9 Å². The second-order valence-electron chi connectivity index (χ2n) is 2.34. The summed E-state index contributed by atoms with van der Waals surface area (Å²) in [5.41, 5.74) is 5.48. The molecule has 0 saturated carbocycles. The number of nitrogens with two attached hydrogens (primary N) is 1. The van der Waals surface area contributed by atoms with E-state index in [1.165, 1.54) is 12.3 Å². The van der Waals surface area contributed by atoms with E-state index in [2.05, 4.69) is 25.7 Å². The highest BCUT2D eigenvalue weighted by Gasteiger charge is 2.33. The number of pyridine rings is 1. The van der Waals surface area contributed by atoms with Crippen molar-refractivity contribution in [3.05, 3.63) is 22.4 Å². The summed E-state index contributed by atoms with van der Waals surface area (Å²) in [6.07, 6.45) is -3.40. The molecule has 1 aromatic rings. The van der Waals surface area contributed by atoms with Crippen LogP contribution in [0.5, 0.6) is 5.75 Å². The summed E-state index contributed by atoms with van der Waals surface area (Å²) in [5.74, 6) is -0.387. The standard InChI is InChI=1S/C7H6BrF3N2O/c8-6-5(14-7(9,10)11)4(3-12)1-2-13-6/h1-2H,3,12H2. The molecule has 0 unspecified atom stereocenters. The molecule has 0 aliphatic heterocycles. The highest BCUT2D eigenvalue weighted by Crippen LogP contribution is 2.31. The van der Waals surface area contributed by atoms with E-state index in [9.17, 15) is 13.2 Å². The molecule has 0 atom stereocenters. The van der Waals surface area contributed by atoms with E-state index >= 15 is 0 Å². The fraction of sp³-hybridized carbons (Fsp3) is 0.286. The van der Waals surface area contributed by atoms with Crippen LogP contribution in [0.1, 0.15) is 5.56 Å². The van der Waals surface area contributed by atoms with Crippen LogP contribution in [0.15, 0.2) is 16.9 Å². The summed E-state index contributed by atoms with van der Waals surface area (Å²) >= 11 is 2.85. The van der Waals surface area contributed by atoms with Crippen LogP contribution in [-0.4, -0.2) is 11.3 Å². The summed E-state index contributed by atoms with van der Waals surface area (Å²) in [5, 5.41) is 0. The third-order valence-electron chi connectivity index (χ3n) is 1.38. The van der Waals surface area contributed by atoms with Gasteiger partial charge < -0.3 is 10.5 Å². The number of aromatic nitrogens is 1. The van der Waals surface area contributed by atoms with Gasteiger partial charge in [0, 0.05) is 18.3 Å². The van der Waals surface area contributed by atoms with E-state index in [0.29, 0.717) is 0 Å². The molecule has 1 heterocycles. The fourth-order valence-corrected chi connectivity index (χ4v) is 1.30. The molecular formula is C7H6BrF3N2O. The first kappa shape index (κ1) is 11.3. The number of alkyl halides is 3. The third kappa shape index (κ3) is 2.85. The Labute approximate surface area is 86.2 Å². The Morgan fingerprint density at radius 1 is 1.50 bits per heavy atom. The molecule has 7 heteroatoms. The van der Waals surface area contributed by atoms with E-state index < -0.39 is 6.36 Å². The van der Waals surface area contributed by atoms with Crippen LogP contribution in [0.3, 0.4) is 0 Å². The predicted molar refractivity (Wildman–Crippen MR) is 46.5 cm³/mol. The number of hydrogen-bond acceptors (Lipinski definition) is 3. The van der Waals surface area contributed by atoms with Crippen LogP contribution in [0.2, 0.25) is 0 Å². The minimum absolute atomic E-state index is 0.0159. The zero-order valence-electron chi connectivity index (χ0n) is 6.81. The molecule has 0 saturated heterocycles. The largest absolute Gasteiger partial charge is 0.573 e. The quantitative estimate of drug-likeness (QED) is 0.839. The summed E-state index contributed by atoms with van der Waals surface area (Å²) < 4.78 is 39.5. The van der Waals surface area contributed by atoms with Crippen LogP contribution in [0, 0.1) is 0 Å². The molecule has 0 spiro atoms. The maximum atomic E-state index is 11.9. The summed E-state index contributed by atoms with van der Waals surface area (Å²) in [4.78, 5) is 3.61. The van der Waals surface area contributed by atoms with Gasteiger partial charge in [-0.25, -0.2) is 4.98 Å². The van der Waals surface area contributed by atoms with E-state index in [1.807, 2.05) is 0 Å². The molecule has 2 N–H and O–H groups in total. The molecule has 0 amide bonds. The zero-order valence-corrected chi connectivity index (χ0v) is 8.39. The van der Waals surface area contributed by atoms with E-state index in [1.54, 1.807) is 0 Å². The zero-order chi connectivity index (χ0) is 10.8. The predicted octanol–water partition coefficient (Wildman–Crippen LogP) is 2.20. The minimum atomic E-state index is -4.74. The summed E-state index contributed by atoms with van der Waals surface area (Å²) in [6.45, 7) is -0.0491. The number of ether oxygens (including phenoxy) is 1. The first-order valence-electron chi connectivity index (χ1n) is 3.53. The second kappa shape index (κ2) is 4.14.